The summed E-state index contributed by atoms with van der Waals surface area (Å²) in [5.74, 6) is 8.63. The molecule has 7 N–H and O–H groups in total. The molecule has 24 heteroatoms. The Kier molecular flexibility index (Phi) is 20.5. The first-order chi connectivity index (χ1) is 66.1. The molecule has 5 aromatic carbocycles. The van der Waals surface area contributed by atoms with Gasteiger partial charge in [-0.3, -0.25) is 43.7 Å². The van der Waals surface area contributed by atoms with E-state index >= 15 is 0 Å². The molecule has 0 aromatic heterocycles. The number of esters is 3. The Labute approximate surface area is 805 Å². The van der Waals surface area contributed by atoms with Crippen LogP contribution in [0.1, 0.15) is 281 Å². The summed E-state index contributed by atoms with van der Waals surface area (Å²) in [6.07, 6.45) is 27.8. The highest BCUT2D eigenvalue weighted by Gasteiger charge is 2.81. The Balaban J connectivity index is 0.0000000888. The summed E-state index contributed by atoms with van der Waals surface area (Å²) >= 11 is 0. The fourth-order valence-corrected chi connectivity index (χ4v) is 34.3. The maximum atomic E-state index is 13.0. The van der Waals surface area contributed by atoms with E-state index in [1.807, 2.05) is 39.0 Å². The number of piperidine rings is 5. The smallest absolute Gasteiger partial charge is 0.306 e. The summed E-state index contributed by atoms with van der Waals surface area (Å²) in [5.41, 5.74) is 9.00. The van der Waals surface area contributed by atoms with Gasteiger partial charge in [0.15, 0.2) is 46.4 Å². The molecule has 24 nitrogen and oxygen atoms in total. The number of hydrogen-bond acceptors (Lipinski definition) is 24. The molecule has 24 atom stereocenters. The van der Waals surface area contributed by atoms with Crippen LogP contribution in [0.3, 0.4) is 0 Å². The summed E-state index contributed by atoms with van der Waals surface area (Å²) in [6, 6.07) is 21.0. The summed E-state index contributed by atoms with van der Waals surface area (Å²) in [4.78, 5) is 64.1. The summed E-state index contributed by atoms with van der Waals surface area (Å²) in [7, 11) is 0. The zero-order valence-electron chi connectivity index (χ0n) is 81.4. The van der Waals surface area contributed by atoms with Crippen LogP contribution in [0.5, 0.6) is 46.0 Å². The number of aliphatic hydroxyl groups excluding tert-OH is 2. The van der Waals surface area contributed by atoms with Crippen LogP contribution in [0.25, 0.3) is 0 Å². The van der Waals surface area contributed by atoms with E-state index in [0.29, 0.717) is 93.3 Å². The molecular weight excluding hydrogens is 1730 g/mol. The molecule has 5 aromatic rings. The average molecular weight is 1880 g/mol. The minimum absolute atomic E-state index is 0.0412. The third kappa shape index (κ3) is 12.3. The number of carbonyl (C=O) groups excluding carboxylic acids is 4. The first-order valence-electron chi connectivity index (χ1n) is 53.9. The number of rotatable bonds is 16. The van der Waals surface area contributed by atoms with E-state index in [2.05, 4.69) is 76.5 Å². The Hall–Kier alpha value is -7.78. The second kappa shape index (κ2) is 31.4. The number of nitrogens with zero attached hydrogens (tertiary/aromatic N) is 5. The highest BCUT2D eigenvalue weighted by atomic mass is 16.6. The summed E-state index contributed by atoms with van der Waals surface area (Å²) in [6.45, 7) is 25.1. The Morgan fingerprint density at radius 1 is 0.350 bits per heavy atom. The van der Waals surface area contributed by atoms with Gasteiger partial charge < -0.3 is 73.6 Å². The molecule has 10 heterocycles. The van der Waals surface area contributed by atoms with E-state index in [4.69, 9.17) is 37.9 Å². The number of ether oxygens (including phenoxy) is 8. The lowest BCUT2D eigenvalue weighted by Crippen LogP contribution is -2.78. The lowest BCUT2D eigenvalue weighted by atomic mass is 9.47. The van der Waals surface area contributed by atoms with Crippen molar-refractivity contribution in [1.82, 2.24) is 24.5 Å². The number of phenols is 3. The van der Waals surface area contributed by atoms with Crippen LogP contribution < -0.4 is 23.7 Å². The van der Waals surface area contributed by atoms with Gasteiger partial charge in [-0.05, 0) is 331 Å². The first-order valence-corrected chi connectivity index (χ1v) is 53.9. The van der Waals surface area contributed by atoms with Gasteiger partial charge in [0.1, 0.15) is 52.7 Å². The van der Waals surface area contributed by atoms with Crippen LogP contribution in [0.2, 0.25) is 0 Å². The number of likely N-dealkylation sites (tertiary alicyclic amines) is 5. The first kappa shape index (κ1) is 89.3. The van der Waals surface area contributed by atoms with Gasteiger partial charge in [0, 0.05) is 98.3 Å². The average Bonchev–Trinajstić information content (AvgIpc) is 1.42. The van der Waals surface area contributed by atoms with Gasteiger partial charge in [0.05, 0.1) is 68.6 Å². The lowest BCUT2D eigenvalue weighted by Gasteiger charge is -2.65. The van der Waals surface area contributed by atoms with Crippen molar-refractivity contribution in [2.75, 3.05) is 65.4 Å². The van der Waals surface area contributed by atoms with Crippen molar-refractivity contribution in [2.24, 2.45) is 41.4 Å². The lowest BCUT2D eigenvalue weighted by molar-refractivity contribution is -0.230. The number of hydrogen-bond donors (Lipinski definition) is 7. The van der Waals surface area contributed by atoms with E-state index < -0.39 is 74.8 Å². The normalized spacial score (nSPS) is 40.8. The number of aryl methyl sites for hydroxylation is 2. The maximum absolute atomic E-state index is 13.0. The van der Waals surface area contributed by atoms with Crippen LogP contribution >= 0.6 is 0 Å². The van der Waals surface area contributed by atoms with Crippen molar-refractivity contribution in [3.63, 3.8) is 0 Å². The van der Waals surface area contributed by atoms with Crippen molar-refractivity contribution in [3.8, 4) is 46.0 Å². The van der Waals surface area contributed by atoms with Gasteiger partial charge in [-0.2, -0.15) is 0 Å². The van der Waals surface area contributed by atoms with Gasteiger partial charge in [-0.25, -0.2) is 0 Å². The number of aliphatic hydroxyl groups is 4. The van der Waals surface area contributed by atoms with Crippen LogP contribution in [0.15, 0.2) is 60.7 Å². The number of benzene rings is 5. The monoisotopic (exact) mass is 1870 g/mol. The summed E-state index contributed by atoms with van der Waals surface area (Å²) < 4.78 is 51.4. The van der Waals surface area contributed by atoms with Crippen LogP contribution in [-0.4, -0.2) is 250 Å². The fourth-order valence-electron chi connectivity index (χ4n) is 34.3. The number of Topliss-reactive ketones (excluding diaryl/α,β-unsaturated/α-hetero) is 1. The fraction of sp³-hybridized carbons (Fsp3) is 0.699. The molecule has 10 bridgehead atoms. The second-order valence-corrected chi connectivity index (χ2v) is 48.1. The maximum Gasteiger partial charge on any atom is 0.306 e. The number of carbonyl (C=O) groups is 4. The molecule has 25 aliphatic rings. The molecule has 15 aliphatic carbocycles. The van der Waals surface area contributed by atoms with E-state index in [0.717, 1.165) is 199 Å². The van der Waals surface area contributed by atoms with E-state index in [1.54, 1.807) is 18.2 Å². The molecule has 10 aliphatic heterocycles. The third-order valence-corrected chi connectivity index (χ3v) is 41.2. The molecule has 5 spiro atoms. The number of aromatic hydroxyl groups is 3. The van der Waals surface area contributed by atoms with E-state index in [1.165, 1.54) is 122 Å². The molecule has 0 radical (unpaired) electrons. The van der Waals surface area contributed by atoms with E-state index in [-0.39, 0.29) is 94.2 Å². The zero-order valence-corrected chi connectivity index (χ0v) is 81.4. The summed E-state index contributed by atoms with van der Waals surface area (Å²) in [5, 5.41) is 77.3. The molecule has 15 fully saturated rings. The van der Waals surface area contributed by atoms with Crippen LogP contribution in [-0.2, 0) is 92.6 Å². The molecule has 30 rings (SSSR count). The van der Waals surface area contributed by atoms with Gasteiger partial charge in [-0.1, -0.05) is 77.1 Å². The molecule has 0 amide bonds. The highest BCUT2D eigenvalue weighted by Crippen LogP contribution is 2.74. The largest absolute Gasteiger partial charge is 0.504 e. The zero-order chi connectivity index (χ0) is 93.8. The van der Waals surface area contributed by atoms with Crippen molar-refractivity contribution >= 4 is 23.7 Å². The molecule has 734 valence electrons. The minimum Gasteiger partial charge on any atom is -0.504 e. The van der Waals surface area contributed by atoms with Crippen molar-refractivity contribution in [2.45, 2.75) is 388 Å². The standard InChI is InChI=1S/C25H33NO3.C23H29NO5.C23H27NO5.C22H29NO2.C20H25NO4/c1-4-20(27)29-25-10-9-16(3)23-24(25)11-12-26(14-17-6-7-17)19(25)13-18-8-5-15(2)22(28-23)21(18)24;2*1-2-18(27)29-23-8-7-16(26)21-22(23)9-10-24(12-13-3-4-13)17(23)11-14-5-6-15(25)20(28-21)19(14)22;1-13-3-6-16-11-17-22(24)8-7-14(2)20-21(22,18(16)19(13)25-20)9-10-23(17)12-15-4-5-15;22-13-4-3-12-9-15-20(24)6-5-14(23)18-19(20,16(12)17(13)25-18)7-8-21(15)10-11-1-2-11/h5,8,16-17,19,23H,4,6-7,9-14H2,1-3H3;5-6,13,16-17,21,25-26H,2-4,7-12H2,1H3;5-6,13,17,21,25H,2-4,7-12H2,1H3;3,6,14-15,17,20,24H,4-5,7-12H2,1-2H3;3-4,11,14-15,18,22-24H,1-2,5-10H2/t16?,19?,23-,24-,25?;16?,17?,21-,22-,23?;17?,21-,22-,23?;14?,17?,20-,21-,22?;14?,15?,18-,19-,20?/m00000/s1. The Morgan fingerprint density at radius 2 is 0.642 bits per heavy atom. The Morgan fingerprint density at radius 3 is 1.07 bits per heavy atom. The van der Waals surface area contributed by atoms with Gasteiger partial charge in [-0.15, -0.1) is 0 Å². The van der Waals surface area contributed by atoms with Gasteiger partial charge in [0.25, 0.3) is 0 Å². The topological polar surface area (TPSA) is 300 Å². The quantitative estimate of drug-likeness (QED) is 0.0357. The molecule has 5 saturated heterocycles. The molecule has 137 heavy (non-hydrogen) atoms. The predicted octanol–water partition coefficient (Wildman–Crippen LogP) is 13.4. The van der Waals surface area contributed by atoms with E-state index in [9.17, 15) is 54.9 Å². The number of ketones is 1. The second-order valence-electron chi connectivity index (χ2n) is 48.1. The van der Waals surface area contributed by atoms with Crippen molar-refractivity contribution < 1.29 is 92.8 Å². The molecule has 10 saturated carbocycles. The third-order valence-electron chi connectivity index (χ3n) is 41.2. The highest BCUT2D eigenvalue weighted by molar-refractivity contribution is 5.91. The SMILES string of the molecule is CCC(=O)OC12CCC(=O)[C@@H]3Oc4c(O)ccc5c4[C@@]31CCN(CC1CC1)C2C5.CCC(=O)OC12CCC(C)[C@@H]3Oc4c(C)ccc5c4[C@@]31CCN(CC1CC1)C2C5.CCC(=O)OC12CCC(O)[C@@H]3Oc4c(O)ccc5c4[C@@]31CCN(CC1CC1)C2C5.Cc1ccc2c3c1O[C@H]1C(C)CCC4(O)C(C2)N(CC2CC2)CC[C@]314.Oc1ccc2c3c1O[C@H]1C(O)CCC4(O)C(C2)N(CC2CC2)CC[C@]314. The van der Waals surface area contributed by atoms with Gasteiger partial charge in [0.2, 0.25) is 0 Å². The number of phenolic OH excluding ortho intramolecular Hbond substituents is 3. The van der Waals surface area contributed by atoms with Crippen LogP contribution in [0.4, 0.5) is 0 Å². The van der Waals surface area contributed by atoms with Crippen LogP contribution in [0, 0.1) is 55.3 Å². The molecule has 14 unspecified atom stereocenters. The predicted molar refractivity (Wildman–Crippen MR) is 508 cm³/mol. The van der Waals surface area contributed by atoms with Gasteiger partial charge >= 0.3 is 17.9 Å². The minimum atomic E-state index is -0.879. The van der Waals surface area contributed by atoms with Crippen molar-refractivity contribution in [3.05, 3.63) is 127 Å². The Bertz CT molecular complexity index is 5540. The van der Waals surface area contributed by atoms with Crippen molar-refractivity contribution in [1.29, 1.82) is 0 Å². The molecular formula is C113H143N5O19.